The zero-order valence-corrected chi connectivity index (χ0v) is 14.5. The average molecular weight is 330 g/mol. The lowest BCUT2D eigenvalue weighted by Gasteiger charge is -2.38. The van der Waals surface area contributed by atoms with Gasteiger partial charge >= 0.3 is 0 Å². The normalized spacial score (nSPS) is 22.6. The predicted molar refractivity (Wildman–Crippen MR) is 91.6 cm³/mol. The second-order valence-electron chi connectivity index (χ2n) is 7.01. The van der Waals surface area contributed by atoms with Gasteiger partial charge in [-0.2, -0.15) is 0 Å². The van der Waals surface area contributed by atoms with Crippen LogP contribution >= 0.6 is 0 Å². The Kier molecular flexibility index (Phi) is 4.90. The SMILES string of the molecule is CC(=O)NCc1ccc(C(=O)N2CCC3(CCOCC3)C2C)cc1. The molecule has 1 atom stereocenters. The smallest absolute Gasteiger partial charge is 0.254 e. The van der Waals surface area contributed by atoms with Gasteiger partial charge in [-0.1, -0.05) is 12.1 Å². The third-order valence-electron chi connectivity index (χ3n) is 5.70. The minimum absolute atomic E-state index is 0.0530. The van der Waals surface area contributed by atoms with Crippen LogP contribution in [-0.4, -0.2) is 42.5 Å². The van der Waals surface area contributed by atoms with Gasteiger partial charge in [0.2, 0.25) is 5.91 Å². The third kappa shape index (κ3) is 3.31. The Bertz CT molecular complexity index is 606. The molecule has 3 rings (SSSR count). The van der Waals surface area contributed by atoms with Crippen molar-refractivity contribution < 1.29 is 14.3 Å². The highest BCUT2D eigenvalue weighted by Crippen LogP contribution is 2.45. The van der Waals surface area contributed by atoms with E-state index in [9.17, 15) is 9.59 Å². The van der Waals surface area contributed by atoms with E-state index in [0.29, 0.717) is 6.54 Å². The first-order valence-electron chi connectivity index (χ1n) is 8.74. The van der Waals surface area contributed by atoms with Gasteiger partial charge < -0.3 is 15.0 Å². The van der Waals surface area contributed by atoms with Crippen LogP contribution in [0.15, 0.2) is 24.3 Å². The van der Waals surface area contributed by atoms with Crippen molar-refractivity contribution in [2.24, 2.45) is 5.41 Å². The molecule has 2 aliphatic rings. The molecular formula is C19H26N2O3. The van der Waals surface area contributed by atoms with Gasteiger partial charge in [0.25, 0.3) is 5.91 Å². The first kappa shape index (κ1) is 17.0. The molecular weight excluding hydrogens is 304 g/mol. The molecule has 1 aromatic carbocycles. The maximum absolute atomic E-state index is 12.9. The number of hydrogen-bond acceptors (Lipinski definition) is 3. The summed E-state index contributed by atoms with van der Waals surface area (Å²) in [6.07, 6.45) is 3.17. The van der Waals surface area contributed by atoms with E-state index < -0.39 is 0 Å². The average Bonchev–Trinajstić information content (AvgIpc) is 2.90. The second-order valence-corrected chi connectivity index (χ2v) is 7.01. The van der Waals surface area contributed by atoms with Crippen molar-refractivity contribution in [2.45, 2.75) is 45.7 Å². The number of nitrogens with one attached hydrogen (secondary N) is 1. The lowest BCUT2D eigenvalue weighted by molar-refractivity contribution is -0.119. The summed E-state index contributed by atoms with van der Waals surface area (Å²) in [7, 11) is 0. The highest BCUT2D eigenvalue weighted by Gasteiger charge is 2.47. The van der Waals surface area contributed by atoms with Crippen LogP contribution in [0.1, 0.15) is 49.0 Å². The van der Waals surface area contributed by atoms with E-state index in [1.165, 1.54) is 6.92 Å². The minimum Gasteiger partial charge on any atom is -0.381 e. The van der Waals surface area contributed by atoms with Gasteiger partial charge in [0.15, 0.2) is 0 Å². The van der Waals surface area contributed by atoms with Crippen LogP contribution in [0, 0.1) is 5.41 Å². The molecule has 2 saturated heterocycles. The number of amides is 2. The Hall–Kier alpha value is -1.88. The molecule has 1 unspecified atom stereocenters. The molecule has 2 fully saturated rings. The van der Waals surface area contributed by atoms with Crippen LogP contribution in [0.5, 0.6) is 0 Å². The first-order chi connectivity index (χ1) is 11.5. The summed E-state index contributed by atoms with van der Waals surface area (Å²) in [4.78, 5) is 25.9. The van der Waals surface area contributed by atoms with Gasteiger partial charge in [-0.05, 0) is 49.3 Å². The van der Waals surface area contributed by atoms with Gasteiger partial charge in [0.1, 0.15) is 0 Å². The fourth-order valence-corrected chi connectivity index (χ4v) is 3.96. The molecule has 0 bridgehead atoms. The van der Waals surface area contributed by atoms with E-state index in [-0.39, 0.29) is 23.3 Å². The molecule has 0 aliphatic carbocycles. The number of rotatable bonds is 3. The number of benzene rings is 1. The lowest BCUT2D eigenvalue weighted by atomic mass is 9.74. The van der Waals surface area contributed by atoms with E-state index in [4.69, 9.17) is 4.74 Å². The van der Waals surface area contributed by atoms with Gasteiger partial charge in [-0.3, -0.25) is 9.59 Å². The van der Waals surface area contributed by atoms with Crippen molar-refractivity contribution >= 4 is 11.8 Å². The highest BCUT2D eigenvalue weighted by atomic mass is 16.5. The van der Waals surface area contributed by atoms with Crippen LogP contribution < -0.4 is 5.32 Å². The van der Waals surface area contributed by atoms with E-state index in [0.717, 1.165) is 50.1 Å². The maximum Gasteiger partial charge on any atom is 0.254 e. The van der Waals surface area contributed by atoms with Gasteiger partial charge in [0.05, 0.1) is 0 Å². The molecule has 130 valence electrons. The van der Waals surface area contributed by atoms with E-state index >= 15 is 0 Å². The van der Waals surface area contributed by atoms with E-state index in [2.05, 4.69) is 12.2 Å². The van der Waals surface area contributed by atoms with Crippen LogP contribution in [0.3, 0.4) is 0 Å². The fourth-order valence-electron chi connectivity index (χ4n) is 3.96. The van der Waals surface area contributed by atoms with Gasteiger partial charge in [0, 0.05) is 44.8 Å². The Balaban J connectivity index is 1.67. The van der Waals surface area contributed by atoms with Crippen molar-refractivity contribution in [1.82, 2.24) is 10.2 Å². The number of likely N-dealkylation sites (tertiary alicyclic amines) is 1. The second kappa shape index (κ2) is 6.93. The van der Waals surface area contributed by atoms with Crippen molar-refractivity contribution in [3.05, 3.63) is 35.4 Å². The minimum atomic E-state index is -0.0530. The number of ether oxygens (including phenoxy) is 1. The molecule has 1 N–H and O–H groups in total. The molecule has 0 aromatic heterocycles. The van der Waals surface area contributed by atoms with Crippen molar-refractivity contribution in [3.8, 4) is 0 Å². The maximum atomic E-state index is 12.9. The third-order valence-corrected chi connectivity index (χ3v) is 5.70. The Labute approximate surface area is 143 Å². The number of nitrogens with zero attached hydrogens (tertiary/aromatic N) is 1. The Morgan fingerprint density at radius 2 is 1.88 bits per heavy atom. The summed E-state index contributed by atoms with van der Waals surface area (Å²) in [6, 6.07) is 7.80. The lowest BCUT2D eigenvalue weighted by Crippen LogP contribution is -2.43. The quantitative estimate of drug-likeness (QED) is 0.925. The van der Waals surface area contributed by atoms with Crippen molar-refractivity contribution in [1.29, 1.82) is 0 Å². The molecule has 1 aromatic rings. The molecule has 0 saturated carbocycles. The molecule has 5 heteroatoms. The predicted octanol–water partition coefficient (Wildman–Crippen LogP) is 2.35. The largest absolute Gasteiger partial charge is 0.381 e. The van der Waals surface area contributed by atoms with Crippen LogP contribution in [0.4, 0.5) is 0 Å². The highest BCUT2D eigenvalue weighted by molar-refractivity contribution is 5.94. The van der Waals surface area contributed by atoms with E-state index in [1.807, 2.05) is 29.2 Å². The fraction of sp³-hybridized carbons (Fsp3) is 0.579. The van der Waals surface area contributed by atoms with Crippen LogP contribution in [0.25, 0.3) is 0 Å². The standard InChI is InChI=1S/C19H26N2O3/c1-14-19(8-11-24-12-9-19)7-10-21(14)18(23)17-5-3-16(4-6-17)13-20-15(2)22/h3-6,14H,7-13H2,1-2H3,(H,20,22). The topological polar surface area (TPSA) is 58.6 Å². The Morgan fingerprint density at radius 1 is 1.21 bits per heavy atom. The summed E-state index contributed by atoms with van der Waals surface area (Å²) < 4.78 is 5.50. The van der Waals surface area contributed by atoms with Gasteiger partial charge in [-0.15, -0.1) is 0 Å². The van der Waals surface area contributed by atoms with Crippen molar-refractivity contribution in [2.75, 3.05) is 19.8 Å². The summed E-state index contributed by atoms with van der Waals surface area (Å²) >= 11 is 0. The van der Waals surface area contributed by atoms with Crippen LogP contribution in [0.2, 0.25) is 0 Å². The molecule has 2 aliphatic heterocycles. The Morgan fingerprint density at radius 3 is 2.50 bits per heavy atom. The molecule has 24 heavy (non-hydrogen) atoms. The summed E-state index contributed by atoms with van der Waals surface area (Å²) in [6.45, 7) is 6.62. The molecule has 2 amide bonds. The summed E-state index contributed by atoms with van der Waals surface area (Å²) in [5.41, 5.74) is 1.95. The summed E-state index contributed by atoms with van der Waals surface area (Å²) in [5, 5.41) is 2.77. The first-order valence-corrected chi connectivity index (χ1v) is 8.74. The zero-order valence-electron chi connectivity index (χ0n) is 14.5. The zero-order chi connectivity index (χ0) is 17.2. The molecule has 5 nitrogen and oxygen atoms in total. The van der Waals surface area contributed by atoms with Crippen LogP contribution in [-0.2, 0) is 16.1 Å². The summed E-state index contributed by atoms with van der Waals surface area (Å²) in [5.74, 6) is 0.0553. The van der Waals surface area contributed by atoms with E-state index in [1.54, 1.807) is 0 Å². The monoisotopic (exact) mass is 330 g/mol. The van der Waals surface area contributed by atoms with Gasteiger partial charge in [-0.25, -0.2) is 0 Å². The molecule has 2 heterocycles. The number of hydrogen-bond donors (Lipinski definition) is 1. The molecule has 1 spiro atoms. The number of carbonyl (C=O) groups excluding carboxylic acids is 2. The molecule has 0 radical (unpaired) electrons. The number of carbonyl (C=O) groups is 2. The van der Waals surface area contributed by atoms with Crippen molar-refractivity contribution in [3.63, 3.8) is 0 Å².